The van der Waals surface area contributed by atoms with E-state index in [1.54, 1.807) is 30.3 Å². The van der Waals surface area contributed by atoms with Crippen molar-refractivity contribution in [2.75, 3.05) is 0 Å². The average Bonchev–Trinajstić information content (AvgIpc) is 2.69. The number of nitriles is 1. The van der Waals surface area contributed by atoms with Gasteiger partial charge in [0.25, 0.3) is 5.56 Å². The SMILES string of the molecule is CCCc1nc(=O)c(Br)c(C)n1Cc1ccc(-c2ccccc2C#N)c(F)c1. The Morgan fingerprint density at radius 2 is 1.96 bits per heavy atom. The van der Waals surface area contributed by atoms with Crippen molar-refractivity contribution in [3.05, 3.63) is 85.8 Å². The van der Waals surface area contributed by atoms with Gasteiger partial charge in [0.2, 0.25) is 0 Å². The van der Waals surface area contributed by atoms with Crippen molar-refractivity contribution in [1.29, 1.82) is 5.26 Å². The number of nitrogens with zero attached hydrogens (tertiary/aromatic N) is 3. The first-order valence-corrected chi connectivity index (χ1v) is 9.79. The molecule has 142 valence electrons. The van der Waals surface area contributed by atoms with Crippen LogP contribution in [0.1, 0.15) is 36.0 Å². The first-order valence-electron chi connectivity index (χ1n) is 9.00. The molecule has 0 unspecified atom stereocenters. The molecule has 3 aromatic rings. The molecule has 3 rings (SSSR count). The summed E-state index contributed by atoms with van der Waals surface area (Å²) in [5, 5.41) is 9.27. The highest BCUT2D eigenvalue weighted by Crippen LogP contribution is 2.27. The highest BCUT2D eigenvalue weighted by atomic mass is 79.9. The van der Waals surface area contributed by atoms with Gasteiger partial charge in [-0.05, 0) is 47.0 Å². The van der Waals surface area contributed by atoms with E-state index in [1.807, 2.05) is 24.5 Å². The van der Waals surface area contributed by atoms with Crippen LogP contribution >= 0.6 is 15.9 Å². The van der Waals surface area contributed by atoms with Crippen molar-refractivity contribution in [2.45, 2.75) is 33.2 Å². The third kappa shape index (κ3) is 3.90. The molecule has 0 spiro atoms. The molecule has 0 bridgehead atoms. The van der Waals surface area contributed by atoms with Crippen LogP contribution in [0.2, 0.25) is 0 Å². The Kier molecular flexibility index (Phi) is 6.05. The molecule has 4 nitrogen and oxygen atoms in total. The van der Waals surface area contributed by atoms with Gasteiger partial charge in [-0.15, -0.1) is 0 Å². The lowest BCUT2D eigenvalue weighted by molar-refractivity contribution is 0.617. The van der Waals surface area contributed by atoms with Crippen molar-refractivity contribution >= 4 is 15.9 Å². The largest absolute Gasteiger partial charge is 0.328 e. The van der Waals surface area contributed by atoms with Gasteiger partial charge in [0.05, 0.1) is 11.6 Å². The van der Waals surface area contributed by atoms with E-state index in [0.29, 0.717) is 40.0 Å². The van der Waals surface area contributed by atoms with Crippen LogP contribution in [0.15, 0.2) is 51.7 Å². The van der Waals surface area contributed by atoms with Crippen molar-refractivity contribution < 1.29 is 4.39 Å². The van der Waals surface area contributed by atoms with Gasteiger partial charge in [0, 0.05) is 29.8 Å². The summed E-state index contributed by atoms with van der Waals surface area (Å²) in [6.45, 7) is 4.28. The molecule has 0 atom stereocenters. The first kappa shape index (κ1) is 20.0. The molecule has 1 aromatic heterocycles. The van der Waals surface area contributed by atoms with Crippen LogP contribution in [-0.2, 0) is 13.0 Å². The molecule has 28 heavy (non-hydrogen) atoms. The predicted molar refractivity (Wildman–Crippen MR) is 111 cm³/mol. The lowest BCUT2D eigenvalue weighted by atomic mass is 9.98. The highest BCUT2D eigenvalue weighted by molar-refractivity contribution is 9.10. The Bertz CT molecular complexity index is 1130. The van der Waals surface area contributed by atoms with Gasteiger partial charge < -0.3 is 4.57 Å². The van der Waals surface area contributed by atoms with Gasteiger partial charge in [-0.3, -0.25) is 4.79 Å². The number of hydrogen-bond donors (Lipinski definition) is 0. The molecule has 0 aliphatic rings. The number of hydrogen-bond acceptors (Lipinski definition) is 3. The van der Waals surface area contributed by atoms with E-state index in [-0.39, 0.29) is 11.4 Å². The Balaban J connectivity index is 2.02. The minimum atomic E-state index is -0.386. The molecule has 2 aromatic carbocycles. The predicted octanol–water partition coefficient (Wildman–Crippen LogP) is 4.99. The Morgan fingerprint density at radius 1 is 1.21 bits per heavy atom. The maximum absolute atomic E-state index is 14.9. The zero-order valence-electron chi connectivity index (χ0n) is 15.7. The number of benzene rings is 2. The Morgan fingerprint density at radius 3 is 2.64 bits per heavy atom. The van der Waals surface area contributed by atoms with Crippen LogP contribution in [0, 0.1) is 24.1 Å². The molecule has 0 saturated heterocycles. The summed E-state index contributed by atoms with van der Waals surface area (Å²) in [6, 6.07) is 14.1. The van der Waals surface area contributed by atoms with Crippen molar-refractivity contribution in [2.24, 2.45) is 0 Å². The summed E-state index contributed by atoms with van der Waals surface area (Å²) in [5.74, 6) is 0.301. The zero-order chi connectivity index (χ0) is 20.3. The number of aromatic nitrogens is 2. The van der Waals surface area contributed by atoms with E-state index in [9.17, 15) is 14.4 Å². The molecule has 0 saturated carbocycles. The average molecular weight is 440 g/mol. The van der Waals surface area contributed by atoms with Crippen molar-refractivity contribution in [3.8, 4) is 17.2 Å². The smallest absolute Gasteiger partial charge is 0.287 e. The summed E-state index contributed by atoms with van der Waals surface area (Å²) >= 11 is 3.30. The van der Waals surface area contributed by atoms with E-state index in [0.717, 1.165) is 17.7 Å². The Hall–Kier alpha value is -2.78. The fourth-order valence-electron chi connectivity index (χ4n) is 3.19. The van der Waals surface area contributed by atoms with Gasteiger partial charge >= 0.3 is 0 Å². The minimum absolute atomic E-state index is 0.285. The van der Waals surface area contributed by atoms with Gasteiger partial charge in [-0.2, -0.15) is 10.2 Å². The van der Waals surface area contributed by atoms with E-state index >= 15 is 0 Å². The molecular weight excluding hydrogens is 421 g/mol. The van der Waals surface area contributed by atoms with Crippen LogP contribution in [-0.4, -0.2) is 9.55 Å². The van der Waals surface area contributed by atoms with E-state index in [2.05, 4.69) is 27.0 Å². The second-order valence-electron chi connectivity index (χ2n) is 6.54. The molecule has 0 aliphatic heterocycles. The summed E-state index contributed by atoms with van der Waals surface area (Å²) < 4.78 is 17.2. The number of rotatable bonds is 5. The topological polar surface area (TPSA) is 58.7 Å². The summed E-state index contributed by atoms with van der Waals surface area (Å²) in [6.07, 6.45) is 1.52. The molecule has 0 fully saturated rings. The van der Waals surface area contributed by atoms with Crippen molar-refractivity contribution in [1.82, 2.24) is 9.55 Å². The summed E-state index contributed by atoms with van der Waals surface area (Å²) in [4.78, 5) is 16.2. The van der Waals surface area contributed by atoms with Gasteiger partial charge in [0.15, 0.2) is 0 Å². The van der Waals surface area contributed by atoms with Crippen LogP contribution in [0.25, 0.3) is 11.1 Å². The molecular formula is C22H19BrFN3O. The molecule has 6 heteroatoms. The third-order valence-electron chi connectivity index (χ3n) is 4.64. The second-order valence-corrected chi connectivity index (χ2v) is 7.33. The summed E-state index contributed by atoms with van der Waals surface area (Å²) in [5.41, 5.74) is 2.64. The third-order valence-corrected chi connectivity index (χ3v) is 5.55. The standard InChI is InChI=1S/C22H19BrFN3O/c1-3-6-20-26-22(28)21(23)14(2)27(20)13-15-9-10-18(19(24)11-15)17-8-5-4-7-16(17)12-25/h4-5,7-11H,3,6,13H2,1-2H3. The lowest BCUT2D eigenvalue weighted by Crippen LogP contribution is -2.22. The molecule has 0 radical (unpaired) electrons. The van der Waals surface area contributed by atoms with Crippen LogP contribution < -0.4 is 5.56 Å². The fourth-order valence-corrected chi connectivity index (χ4v) is 3.49. The van der Waals surface area contributed by atoms with Gasteiger partial charge in [-0.1, -0.05) is 37.3 Å². The fraction of sp³-hybridized carbons (Fsp3) is 0.227. The first-order chi connectivity index (χ1) is 13.5. The van der Waals surface area contributed by atoms with E-state index in [1.165, 1.54) is 6.07 Å². The quantitative estimate of drug-likeness (QED) is 0.562. The highest BCUT2D eigenvalue weighted by Gasteiger charge is 2.14. The summed E-state index contributed by atoms with van der Waals surface area (Å²) in [7, 11) is 0. The minimum Gasteiger partial charge on any atom is -0.328 e. The second kappa shape index (κ2) is 8.49. The van der Waals surface area contributed by atoms with Crippen molar-refractivity contribution in [3.63, 3.8) is 0 Å². The zero-order valence-corrected chi connectivity index (χ0v) is 17.3. The Labute approximate surface area is 171 Å². The lowest BCUT2D eigenvalue weighted by Gasteiger charge is -2.17. The molecule has 0 aliphatic carbocycles. The maximum atomic E-state index is 14.9. The van der Waals surface area contributed by atoms with E-state index in [4.69, 9.17) is 0 Å². The molecule has 0 N–H and O–H groups in total. The van der Waals surface area contributed by atoms with Crippen LogP contribution in [0.3, 0.4) is 0 Å². The van der Waals surface area contributed by atoms with Crippen LogP contribution in [0.5, 0.6) is 0 Å². The van der Waals surface area contributed by atoms with Gasteiger partial charge in [0.1, 0.15) is 16.1 Å². The number of aryl methyl sites for hydroxylation is 1. The normalized spacial score (nSPS) is 10.7. The van der Waals surface area contributed by atoms with Gasteiger partial charge in [-0.25, -0.2) is 4.39 Å². The number of halogens is 2. The molecule has 1 heterocycles. The molecule has 0 amide bonds. The van der Waals surface area contributed by atoms with E-state index < -0.39 is 0 Å². The maximum Gasteiger partial charge on any atom is 0.287 e. The van der Waals surface area contributed by atoms with Crippen LogP contribution in [0.4, 0.5) is 4.39 Å². The monoisotopic (exact) mass is 439 g/mol.